The van der Waals surface area contributed by atoms with Crippen LogP contribution in [-0.4, -0.2) is 25.8 Å². The summed E-state index contributed by atoms with van der Waals surface area (Å²) in [6.45, 7) is 1.76. The van der Waals surface area contributed by atoms with Gasteiger partial charge in [-0.25, -0.2) is 4.79 Å². The molecule has 1 aliphatic rings. The van der Waals surface area contributed by atoms with Gasteiger partial charge in [-0.05, 0) is 25.1 Å². The van der Waals surface area contributed by atoms with E-state index in [2.05, 4.69) is 9.99 Å². The fourth-order valence-electron chi connectivity index (χ4n) is 1.32. The zero-order valence-electron chi connectivity index (χ0n) is 9.35. The first-order valence-electron chi connectivity index (χ1n) is 4.83. The molecule has 2 heterocycles. The van der Waals surface area contributed by atoms with Crippen molar-refractivity contribution in [2.75, 3.05) is 19.0 Å². The Morgan fingerprint density at radius 2 is 2.19 bits per heavy atom. The molecule has 5 heteroatoms. The van der Waals surface area contributed by atoms with Crippen LogP contribution in [0.15, 0.2) is 22.9 Å². The van der Waals surface area contributed by atoms with Crippen molar-refractivity contribution in [2.45, 2.75) is 6.92 Å². The second-order valence-electron chi connectivity index (χ2n) is 3.68. The molecule has 4 nitrogen and oxygen atoms in total. The number of nitrogens with zero attached hydrogens (tertiary/aromatic N) is 2. The average molecular weight is 236 g/mol. The third-order valence-corrected chi connectivity index (χ3v) is 3.42. The monoisotopic (exact) mass is 236 g/mol. The molecular weight excluding hydrogens is 224 g/mol. The zero-order chi connectivity index (χ0) is 11.7. The molecule has 0 radical (unpaired) electrons. The lowest BCUT2D eigenvalue weighted by molar-refractivity contribution is -0.136. The molecule has 0 aliphatic carbocycles. The van der Waals surface area contributed by atoms with Gasteiger partial charge in [-0.1, -0.05) is 5.16 Å². The Balaban J connectivity index is 2.29. The zero-order valence-corrected chi connectivity index (χ0v) is 10.2. The summed E-state index contributed by atoms with van der Waals surface area (Å²) in [5, 5.41) is 4.78. The summed E-state index contributed by atoms with van der Waals surface area (Å²) in [5.74, 6) is -0.377. The maximum atomic E-state index is 11.3. The van der Waals surface area contributed by atoms with E-state index in [-0.39, 0.29) is 5.97 Å². The van der Waals surface area contributed by atoms with Gasteiger partial charge in [0.1, 0.15) is 0 Å². The number of hydrogen-bond donors (Lipinski definition) is 0. The summed E-state index contributed by atoms with van der Waals surface area (Å²) in [6, 6.07) is 4.00. The molecule has 16 heavy (non-hydrogen) atoms. The third kappa shape index (κ3) is 1.99. The van der Waals surface area contributed by atoms with E-state index in [9.17, 15) is 4.79 Å². The first-order chi connectivity index (χ1) is 7.58. The van der Waals surface area contributed by atoms with Gasteiger partial charge in [0.25, 0.3) is 0 Å². The molecule has 1 aromatic heterocycles. The molecule has 0 saturated heterocycles. The van der Waals surface area contributed by atoms with Crippen molar-refractivity contribution in [1.29, 1.82) is 0 Å². The Labute approximate surface area is 97.8 Å². The van der Waals surface area contributed by atoms with Crippen molar-refractivity contribution in [3.8, 4) is 0 Å². The van der Waals surface area contributed by atoms with E-state index >= 15 is 0 Å². The van der Waals surface area contributed by atoms with Crippen molar-refractivity contribution >= 4 is 34.1 Å². The Kier molecular flexibility index (Phi) is 2.78. The van der Waals surface area contributed by atoms with Gasteiger partial charge >= 0.3 is 5.97 Å². The van der Waals surface area contributed by atoms with Crippen LogP contribution in [-0.2, 0) is 9.63 Å². The summed E-state index contributed by atoms with van der Waals surface area (Å²) in [7, 11) is 3.97. The summed E-state index contributed by atoms with van der Waals surface area (Å²) >= 11 is 1.62. The summed E-state index contributed by atoms with van der Waals surface area (Å²) in [4.78, 5) is 18.9. The number of hydrogen-bond acceptors (Lipinski definition) is 5. The quantitative estimate of drug-likeness (QED) is 0.583. The van der Waals surface area contributed by atoms with Crippen LogP contribution in [0.1, 0.15) is 11.8 Å². The molecule has 84 valence electrons. The van der Waals surface area contributed by atoms with E-state index in [1.54, 1.807) is 18.3 Å². The predicted molar refractivity (Wildman–Crippen MR) is 65.8 cm³/mol. The average Bonchev–Trinajstić information content (AvgIpc) is 2.80. The number of carbonyl (C=O) groups is 1. The largest absolute Gasteiger partial charge is 0.370 e. The van der Waals surface area contributed by atoms with Crippen molar-refractivity contribution in [3.63, 3.8) is 0 Å². The maximum Gasteiger partial charge on any atom is 0.367 e. The second kappa shape index (κ2) is 4.09. The van der Waals surface area contributed by atoms with Crippen LogP contribution < -0.4 is 4.90 Å². The van der Waals surface area contributed by atoms with Crippen molar-refractivity contribution < 1.29 is 9.63 Å². The molecule has 0 atom stereocenters. The number of thiophene rings is 1. The maximum absolute atomic E-state index is 11.3. The summed E-state index contributed by atoms with van der Waals surface area (Å²) in [6.07, 6.45) is 1.81. The molecule has 0 aromatic carbocycles. The second-order valence-corrected chi connectivity index (χ2v) is 4.78. The molecule has 0 bridgehead atoms. The van der Waals surface area contributed by atoms with Gasteiger partial charge in [-0.3, -0.25) is 0 Å². The van der Waals surface area contributed by atoms with Gasteiger partial charge in [0.15, 0.2) is 0 Å². The normalized spacial score (nSPS) is 17.6. The van der Waals surface area contributed by atoms with Crippen LogP contribution in [0.25, 0.3) is 6.08 Å². The highest BCUT2D eigenvalue weighted by molar-refractivity contribution is 7.17. The molecule has 1 aromatic rings. The SMILES string of the molecule is CC1=NOC(=O)C1=Cc1ccc(N(C)C)s1. The smallest absolute Gasteiger partial charge is 0.367 e. The van der Waals surface area contributed by atoms with Gasteiger partial charge in [0.2, 0.25) is 0 Å². The van der Waals surface area contributed by atoms with Crippen LogP contribution in [0.5, 0.6) is 0 Å². The molecule has 1 aliphatic heterocycles. The van der Waals surface area contributed by atoms with Gasteiger partial charge in [-0.2, -0.15) is 0 Å². The van der Waals surface area contributed by atoms with Gasteiger partial charge in [0.05, 0.1) is 16.3 Å². The number of oxime groups is 1. The first kappa shape index (κ1) is 10.9. The molecule has 0 amide bonds. The highest BCUT2D eigenvalue weighted by Gasteiger charge is 2.21. The molecule has 0 unspecified atom stereocenters. The highest BCUT2D eigenvalue weighted by Crippen LogP contribution is 2.27. The minimum absolute atomic E-state index is 0.377. The van der Waals surface area contributed by atoms with Crippen LogP contribution in [0.2, 0.25) is 0 Å². The van der Waals surface area contributed by atoms with Crippen LogP contribution in [0.3, 0.4) is 0 Å². The highest BCUT2D eigenvalue weighted by atomic mass is 32.1. The Morgan fingerprint density at radius 3 is 2.69 bits per heavy atom. The molecule has 0 saturated carbocycles. The molecule has 0 N–H and O–H groups in total. The first-order valence-corrected chi connectivity index (χ1v) is 5.65. The van der Waals surface area contributed by atoms with E-state index in [4.69, 9.17) is 0 Å². The van der Waals surface area contributed by atoms with Gasteiger partial charge in [-0.15, -0.1) is 11.3 Å². The van der Waals surface area contributed by atoms with E-state index in [1.807, 2.05) is 37.2 Å². The molecule has 0 spiro atoms. The van der Waals surface area contributed by atoms with Gasteiger partial charge < -0.3 is 9.74 Å². The number of anilines is 1. The minimum Gasteiger partial charge on any atom is -0.370 e. The summed E-state index contributed by atoms with van der Waals surface area (Å²) in [5.41, 5.74) is 1.16. The lowest BCUT2D eigenvalue weighted by atomic mass is 10.1. The molecule has 0 fully saturated rings. The van der Waals surface area contributed by atoms with Crippen LogP contribution in [0.4, 0.5) is 5.00 Å². The Hall–Kier alpha value is -1.62. The van der Waals surface area contributed by atoms with E-state index in [1.165, 1.54) is 0 Å². The summed E-state index contributed by atoms with van der Waals surface area (Å²) < 4.78 is 0. The molecular formula is C11H12N2O2S. The topological polar surface area (TPSA) is 41.9 Å². The third-order valence-electron chi connectivity index (χ3n) is 2.22. The van der Waals surface area contributed by atoms with Gasteiger partial charge in [0, 0.05) is 19.0 Å². The number of rotatable bonds is 2. The fraction of sp³-hybridized carbons (Fsp3) is 0.273. The minimum atomic E-state index is -0.377. The van der Waals surface area contributed by atoms with E-state index in [0.717, 1.165) is 9.88 Å². The fourth-order valence-corrected chi connectivity index (χ4v) is 2.19. The predicted octanol–water partition coefficient (Wildman–Crippen LogP) is 2.13. The van der Waals surface area contributed by atoms with Crippen LogP contribution in [0, 0.1) is 0 Å². The Bertz CT molecular complexity index is 486. The van der Waals surface area contributed by atoms with Crippen molar-refractivity contribution in [1.82, 2.24) is 0 Å². The lowest BCUT2D eigenvalue weighted by Gasteiger charge is -2.06. The van der Waals surface area contributed by atoms with Crippen molar-refractivity contribution in [2.24, 2.45) is 5.16 Å². The Morgan fingerprint density at radius 1 is 1.44 bits per heavy atom. The molecule has 2 rings (SSSR count). The number of carbonyl (C=O) groups excluding carboxylic acids is 1. The van der Waals surface area contributed by atoms with E-state index < -0.39 is 0 Å². The van der Waals surface area contributed by atoms with Crippen molar-refractivity contribution in [3.05, 3.63) is 22.6 Å². The lowest BCUT2D eigenvalue weighted by Crippen LogP contribution is -2.05. The van der Waals surface area contributed by atoms with Crippen LogP contribution >= 0.6 is 11.3 Å². The van der Waals surface area contributed by atoms with E-state index in [0.29, 0.717) is 11.3 Å². The standard InChI is InChI=1S/C11H12N2O2S/c1-7-9(11(14)15-12-7)6-8-4-5-10(16-8)13(2)3/h4-6H,1-3H3.